The topological polar surface area (TPSA) is 79.1 Å². The van der Waals surface area contributed by atoms with Crippen LogP contribution in [0.4, 0.5) is 0 Å². The van der Waals surface area contributed by atoms with Gasteiger partial charge >= 0.3 is 7.12 Å². The number of Topliss-reactive ketones (excluding diaryl/α,β-unsaturated/α-hetero) is 1. The summed E-state index contributed by atoms with van der Waals surface area (Å²) in [5.41, 5.74) is 2.02. The highest BCUT2D eigenvalue weighted by atomic mass is 16.5. The summed E-state index contributed by atoms with van der Waals surface area (Å²) in [5, 5.41) is 18.8. The van der Waals surface area contributed by atoms with Gasteiger partial charge in [-0.1, -0.05) is 36.4 Å². The van der Waals surface area contributed by atoms with Crippen LogP contribution in [0.1, 0.15) is 18.1 Å². The van der Waals surface area contributed by atoms with Crippen molar-refractivity contribution in [3.05, 3.63) is 59.7 Å². The van der Waals surface area contributed by atoms with Crippen LogP contribution in [0.3, 0.4) is 0 Å². The third-order valence-corrected chi connectivity index (χ3v) is 3.38. The lowest BCUT2D eigenvalue weighted by molar-refractivity contribution is -0.115. The molecule has 0 unspecified atom stereocenters. The molecule has 0 atom stereocenters. The lowest BCUT2D eigenvalue weighted by Gasteiger charge is -2.10. The van der Waals surface area contributed by atoms with Crippen molar-refractivity contribution >= 4 is 24.6 Å². The molecule has 24 heavy (non-hydrogen) atoms. The van der Waals surface area contributed by atoms with Gasteiger partial charge in [0.25, 0.3) is 0 Å². The summed E-state index contributed by atoms with van der Waals surface area (Å²) in [4.78, 5) is 15.0. The van der Waals surface area contributed by atoms with Crippen molar-refractivity contribution in [1.82, 2.24) is 0 Å². The van der Waals surface area contributed by atoms with Crippen LogP contribution in [-0.4, -0.2) is 42.3 Å². The van der Waals surface area contributed by atoms with Crippen LogP contribution >= 0.6 is 0 Å². The van der Waals surface area contributed by atoms with Crippen LogP contribution in [0.2, 0.25) is 0 Å². The number of hydrogen-bond acceptors (Lipinski definition) is 5. The molecule has 5 nitrogen and oxygen atoms in total. The Balaban J connectivity index is 2.04. The van der Waals surface area contributed by atoms with E-state index in [1.165, 1.54) is 18.7 Å². The predicted octanol–water partition coefficient (Wildman–Crippen LogP) is 0.996. The smallest absolute Gasteiger partial charge is 0.489 e. The molecule has 0 saturated carbocycles. The molecule has 0 saturated heterocycles. The summed E-state index contributed by atoms with van der Waals surface area (Å²) >= 11 is 0. The Bertz CT molecular complexity index is 701. The summed E-state index contributed by atoms with van der Waals surface area (Å²) < 4.78 is 5.72. The molecule has 0 aliphatic rings. The standard InChI is InChI=1S/C18H20BNO4/c1-14(21)12-20-13-16-11-17(7-8-18(16)19(22)23)24-10-9-15-5-3-2-4-6-15/h2-8,11,13,22-23H,9-10,12H2,1H3. The van der Waals surface area contributed by atoms with E-state index in [9.17, 15) is 14.8 Å². The number of hydrogen-bond donors (Lipinski definition) is 2. The molecule has 2 aromatic rings. The highest BCUT2D eigenvalue weighted by Gasteiger charge is 2.15. The maximum absolute atomic E-state index is 11.0. The van der Waals surface area contributed by atoms with Gasteiger partial charge in [-0.05, 0) is 35.6 Å². The zero-order valence-electron chi connectivity index (χ0n) is 13.6. The summed E-state index contributed by atoms with van der Waals surface area (Å²) in [7, 11) is -1.61. The van der Waals surface area contributed by atoms with Crippen molar-refractivity contribution in [2.75, 3.05) is 13.2 Å². The molecule has 2 N–H and O–H groups in total. The highest BCUT2D eigenvalue weighted by molar-refractivity contribution is 6.60. The van der Waals surface area contributed by atoms with Crippen molar-refractivity contribution in [3.63, 3.8) is 0 Å². The number of carbonyl (C=O) groups excluding carboxylic acids is 1. The largest absolute Gasteiger partial charge is 0.493 e. The molecule has 6 heteroatoms. The Morgan fingerprint density at radius 3 is 2.62 bits per heavy atom. The van der Waals surface area contributed by atoms with E-state index >= 15 is 0 Å². The molecule has 0 amide bonds. The molecule has 2 aromatic carbocycles. The molecular weight excluding hydrogens is 305 g/mol. The van der Waals surface area contributed by atoms with E-state index in [0.29, 0.717) is 23.4 Å². The minimum atomic E-state index is -1.61. The Kier molecular flexibility index (Phi) is 6.72. The van der Waals surface area contributed by atoms with E-state index in [2.05, 4.69) is 4.99 Å². The number of ketones is 1. The van der Waals surface area contributed by atoms with Gasteiger partial charge in [-0.25, -0.2) is 0 Å². The minimum absolute atomic E-state index is 0.0556. The highest BCUT2D eigenvalue weighted by Crippen LogP contribution is 2.12. The van der Waals surface area contributed by atoms with Gasteiger partial charge in [0.05, 0.1) is 13.2 Å². The SMILES string of the molecule is CC(=O)CN=Cc1cc(OCCc2ccccc2)ccc1B(O)O. The maximum atomic E-state index is 11.0. The van der Waals surface area contributed by atoms with Gasteiger partial charge in [0.15, 0.2) is 5.78 Å². The monoisotopic (exact) mass is 325 g/mol. The van der Waals surface area contributed by atoms with Crippen LogP contribution < -0.4 is 10.2 Å². The van der Waals surface area contributed by atoms with E-state index in [4.69, 9.17) is 4.74 Å². The minimum Gasteiger partial charge on any atom is -0.493 e. The second kappa shape index (κ2) is 9.01. The van der Waals surface area contributed by atoms with Crippen molar-refractivity contribution in [1.29, 1.82) is 0 Å². The summed E-state index contributed by atoms with van der Waals surface area (Å²) in [6.45, 7) is 2.01. The fourth-order valence-electron chi connectivity index (χ4n) is 2.19. The third kappa shape index (κ3) is 5.64. The molecule has 2 rings (SSSR count). The van der Waals surface area contributed by atoms with Crippen LogP contribution in [-0.2, 0) is 11.2 Å². The number of carbonyl (C=O) groups is 1. The van der Waals surface area contributed by atoms with Crippen molar-refractivity contribution in [2.45, 2.75) is 13.3 Å². The first-order valence-electron chi connectivity index (χ1n) is 7.72. The van der Waals surface area contributed by atoms with E-state index in [1.54, 1.807) is 18.2 Å². The van der Waals surface area contributed by atoms with Gasteiger partial charge in [0.2, 0.25) is 0 Å². The van der Waals surface area contributed by atoms with Crippen LogP contribution in [0.5, 0.6) is 5.75 Å². The second-order valence-corrected chi connectivity index (χ2v) is 5.42. The Labute approximate surface area is 141 Å². The molecule has 0 heterocycles. The number of benzene rings is 2. The van der Waals surface area contributed by atoms with E-state index in [0.717, 1.165) is 6.42 Å². The van der Waals surface area contributed by atoms with E-state index in [-0.39, 0.29) is 12.3 Å². The van der Waals surface area contributed by atoms with Gasteiger partial charge in [0.1, 0.15) is 5.75 Å². The lowest BCUT2D eigenvalue weighted by atomic mass is 9.77. The number of rotatable bonds is 8. The zero-order chi connectivity index (χ0) is 17.4. The first kappa shape index (κ1) is 17.9. The molecule has 0 spiro atoms. The van der Waals surface area contributed by atoms with Gasteiger partial charge in [-0.15, -0.1) is 0 Å². The van der Waals surface area contributed by atoms with Gasteiger partial charge in [0, 0.05) is 12.6 Å². The number of nitrogens with zero attached hydrogens (tertiary/aromatic N) is 1. The second-order valence-electron chi connectivity index (χ2n) is 5.42. The molecule has 0 fully saturated rings. The fraction of sp³-hybridized carbons (Fsp3) is 0.222. The van der Waals surface area contributed by atoms with Crippen molar-refractivity contribution in [2.24, 2.45) is 4.99 Å². The zero-order valence-corrected chi connectivity index (χ0v) is 13.6. The quantitative estimate of drug-likeness (QED) is 0.560. The van der Waals surface area contributed by atoms with Gasteiger partial charge in [-0.2, -0.15) is 0 Å². The molecule has 0 radical (unpaired) electrons. The van der Waals surface area contributed by atoms with Gasteiger partial charge < -0.3 is 14.8 Å². The Hall–Kier alpha value is -2.44. The van der Waals surface area contributed by atoms with Crippen LogP contribution in [0.25, 0.3) is 0 Å². The predicted molar refractivity (Wildman–Crippen MR) is 95.1 cm³/mol. The first-order valence-corrected chi connectivity index (χ1v) is 7.72. The van der Waals surface area contributed by atoms with Crippen molar-refractivity contribution in [3.8, 4) is 5.75 Å². The average molecular weight is 325 g/mol. The van der Waals surface area contributed by atoms with E-state index < -0.39 is 7.12 Å². The molecule has 0 aromatic heterocycles. The van der Waals surface area contributed by atoms with E-state index in [1.807, 2.05) is 30.3 Å². The van der Waals surface area contributed by atoms with Crippen molar-refractivity contribution < 1.29 is 19.6 Å². The van der Waals surface area contributed by atoms with Crippen LogP contribution in [0, 0.1) is 0 Å². The number of aliphatic imine (C=N–C) groups is 1. The van der Waals surface area contributed by atoms with Crippen LogP contribution in [0.15, 0.2) is 53.5 Å². The Morgan fingerprint density at radius 2 is 1.96 bits per heavy atom. The summed E-state index contributed by atoms with van der Waals surface area (Å²) in [6, 6.07) is 15.0. The molecule has 0 aliphatic heterocycles. The summed E-state index contributed by atoms with van der Waals surface area (Å²) in [5.74, 6) is 0.548. The fourth-order valence-corrected chi connectivity index (χ4v) is 2.19. The molecular formula is C18H20BNO4. The summed E-state index contributed by atoms with van der Waals surface area (Å²) in [6.07, 6.45) is 2.24. The first-order chi connectivity index (χ1) is 11.6. The molecule has 0 bridgehead atoms. The average Bonchev–Trinajstić information content (AvgIpc) is 2.55. The molecule has 124 valence electrons. The third-order valence-electron chi connectivity index (χ3n) is 3.38. The normalized spacial score (nSPS) is 10.8. The molecule has 0 aliphatic carbocycles. The number of ether oxygens (including phenoxy) is 1. The lowest BCUT2D eigenvalue weighted by Crippen LogP contribution is -2.33. The maximum Gasteiger partial charge on any atom is 0.489 e. The Morgan fingerprint density at radius 1 is 1.21 bits per heavy atom. The van der Waals surface area contributed by atoms with Gasteiger partial charge in [-0.3, -0.25) is 9.79 Å².